The maximum atomic E-state index is 13.2. The molecule has 0 aliphatic heterocycles. The number of thioether (sulfide) groups is 1. The van der Waals surface area contributed by atoms with Gasteiger partial charge < -0.3 is 10.6 Å². The first-order valence-corrected chi connectivity index (χ1v) is 13.2. The van der Waals surface area contributed by atoms with Gasteiger partial charge in [-0.25, -0.2) is 0 Å². The number of amides is 2. The van der Waals surface area contributed by atoms with Crippen molar-refractivity contribution in [2.24, 2.45) is 0 Å². The van der Waals surface area contributed by atoms with E-state index in [-0.39, 0.29) is 16.8 Å². The van der Waals surface area contributed by atoms with Crippen LogP contribution in [0.2, 0.25) is 10.0 Å². The molecule has 8 heteroatoms. The Kier molecular flexibility index (Phi) is 8.73. The highest BCUT2D eigenvalue weighted by Crippen LogP contribution is 2.37. The summed E-state index contributed by atoms with van der Waals surface area (Å²) >= 11 is 15.7. The second-order valence-electron chi connectivity index (χ2n) is 7.51. The van der Waals surface area contributed by atoms with E-state index in [0.717, 1.165) is 19.7 Å². The van der Waals surface area contributed by atoms with Crippen molar-refractivity contribution in [3.8, 4) is 0 Å². The standard InChI is InChI=1S/C27H19Cl2IN2O2S/c28-18-6-15-23(24(29)16-18)26(33)31-21-11-13-22(14-12-21)35-25(17-4-2-1-3-5-17)27(34)32-20-9-7-19(30)8-10-20/h1-16,25H,(H,31,33)(H,32,34). The van der Waals surface area contributed by atoms with Gasteiger partial charge in [-0.05, 0) is 94.9 Å². The van der Waals surface area contributed by atoms with Crippen molar-refractivity contribution in [1.29, 1.82) is 0 Å². The van der Waals surface area contributed by atoms with Crippen molar-refractivity contribution in [1.82, 2.24) is 0 Å². The summed E-state index contributed by atoms with van der Waals surface area (Å²) in [7, 11) is 0. The van der Waals surface area contributed by atoms with Crippen molar-refractivity contribution in [2.75, 3.05) is 10.6 Å². The Morgan fingerprint density at radius 2 is 1.40 bits per heavy atom. The van der Waals surface area contributed by atoms with Crippen LogP contribution in [0.15, 0.2) is 102 Å². The van der Waals surface area contributed by atoms with E-state index in [0.29, 0.717) is 16.3 Å². The summed E-state index contributed by atoms with van der Waals surface area (Å²) in [6.45, 7) is 0. The van der Waals surface area contributed by atoms with Gasteiger partial charge in [0.25, 0.3) is 5.91 Å². The summed E-state index contributed by atoms with van der Waals surface area (Å²) in [4.78, 5) is 26.7. The first-order chi connectivity index (χ1) is 16.9. The lowest BCUT2D eigenvalue weighted by atomic mass is 10.1. The summed E-state index contributed by atoms with van der Waals surface area (Å²) < 4.78 is 1.10. The van der Waals surface area contributed by atoms with Gasteiger partial charge in [0, 0.05) is 24.9 Å². The molecule has 0 fully saturated rings. The molecule has 35 heavy (non-hydrogen) atoms. The summed E-state index contributed by atoms with van der Waals surface area (Å²) in [6.07, 6.45) is 0. The molecule has 0 aliphatic rings. The average molecular weight is 633 g/mol. The number of benzene rings is 4. The van der Waals surface area contributed by atoms with Crippen LogP contribution in [0.1, 0.15) is 21.2 Å². The van der Waals surface area contributed by atoms with Crippen molar-refractivity contribution in [3.63, 3.8) is 0 Å². The number of carbonyl (C=O) groups is 2. The molecule has 4 aromatic rings. The third kappa shape index (κ3) is 7.01. The summed E-state index contributed by atoms with van der Waals surface area (Å²) in [5.41, 5.74) is 2.60. The van der Waals surface area contributed by atoms with Crippen LogP contribution in [-0.4, -0.2) is 11.8 Å². The van der Waals surface area contributed by atoms with Crippen LogP contribution in [0, 0.1) is 3.57 Å². The largest absolute Gasteiger partial charge is 0.325 e. The highest BCUT2D eigenvalue weighted by atomic mass is 127. The molecule has 176 valence electrons. The van der Waals surface area contributed by atoms with Gasteiger partial charge in [0.1, 0.15) is 5.25 Å². The lowest BCUT2D eigenvalue weighted by Gasteiger charge is -2.17. The molecule has 0 spiro atoms. The van der Waals surface area contributed by atoms with Crippen LogP contribution in [0.5, 0.6) is 0 Å². The number of rotatable bonds is 7. The smallest absolute Gasteiger partial charge is 0.257 e. The summed E-state index contributed by atoms with van der Waals surface area (Å²) in [5.74, 6) is -0.441. The molecule has 2 N–H and O–H groups in total. The average Bonchev–Trinajstić information content (AvgIpc) is 2.85. The Balaban J connectivity index is 1.48. The molecule has 2 amide bonds. The van der Waals surface area contributed by atoms with E-state index >= 15 is 0 Å². The topological polar surface area (TPSA) is 58.2 Å². The second kappa shape index (κ2) is 11.9. The fraction of sp³-hybridized carbons (Fsp3) is 0.0370. The van der Waals surface area contributed by atoms with Gasteiger partial charge >= 0.3 is 0 Å². The molecule has 1 unspecified atom stereocenters. The van der Waals surface area contributed by atoms with Gasteiger partial charge in [0.2, 0.25) is 5.91 Å². The number of hydrogen-bond acceptors (Lipinski definition) is 3. The van der Waals surface area contributed by atoms with Gasteiger partial charge in [-0.3, -0.25) is 9.59 Å². The third-order valence-electron chi connectivity index (χ3n) is 4.99. The predicted molar refractivity (Wildman–Crippen MR) is 154 cm³/mol. The van der Waals surface area contributed by atoms with Crippen LogP contribution in [0.25, 0.3) is 0 Å². The Labute approximate surface area is 231 Å². The zero-order chi connectivity index (χ0) is 24.8. The number of carbonyl (C=O) groups excluding carboxylic acids is 2. The molecular formula is C27H19Cl2IN2O2S. The Morgan fingerprint density at radius 1 is 0.771 bits per heavy atom. The van der Waals surface area contributed by atoms with Crippen molar-refractivity contribution < 1.29 is 9.59 Å². The van der Waals surface area contributed by atoms with Gasteiger partial charge in [-0.15, -0.1) is 11.8 Å². The number of hydrogen-bond donors (Lipinski definition) is 2. The third-order valence-corrected chi connectivity index (χ3v) is 7.53. The first-order valence-electron chi connectivity index (χ1n) is 10.5. The lowest BCUT2D eigenvalue weighted by Crippen LogP contribution is -2.19. The highest BCUT2D eigenvalue weighted by Gasteiger charge is 2.22. The van der Waals surface area contributed by atoms with E-state index in [1.165, 1.54) is 17.8 Å². The first kappa shape index (κ1) is 25.6. The van der Waals surface area contributed by atoms with Crippen molar-refractivity contribution >= 4 is 80.7 Å². The highest BCUT2D eigenvalue weighted by molar-refractivity contribution is 14.1. The van der Waals surface area contributed by atoms with Gasteiger partial charge in [0.15, 0.2) is 0 Å². The van der Waals surface area contributed by atoms with E-state index < -0.39 is 5.25 Å². The minimum atomic E-state index is -0.455. The van der Waals surface area contributed by atoms with Crippen LogP contribution in [0.4, 0.5) is 11.4 Å². The van der Waals surface area contributed by atoms with Gasteiger partial charge in [0.05, 0.1) is 10.6 Å². The van der Waals surface area contributed by atoms with Gasteiger partial charge in [-0.2, -0.15) is 0 Å². The van der Waals surface area contributed by atoms with Crippen LogP contribution in [-0.2, 0) is 4.79 Å². The van der Waals surface area contributed by atoms with Crippen LogP contribution >= 0.6 is 57.6 Å². The molecule has 0 saturated heterocycles. The maximum Gasteiger partial charge on any atom is 0.257 e. The molecule has 0 aliphatic carbocycles. The van der Waals surface area contributed by atoms with E-state index in [1.807, 2.05) is 66.7 Å². The molecule has 4 rings (SSSR count). The molecule has 1 atom stereocenters. The number of halogens is 3. The molecule has 0 radical (unpaired) electrons. The molecule has 0 heterocycles. The number of nitrogens with one attached hydrogen (secondary N) is 2. The Bertz CT molecular complexity index is 1330. The zero-order valence-corrected chi connectivity index (χ0v) is 22.7. The second-order valence-corrected chi connectivity index (χ2v) is 10.8. The zero-order valence-electron chi connectivity index (χ0n) is 18.2. The van der Waals surface area contributed by atoms with Crippen molar-refractivity contribution in [2.45, 2.75) is 10.1 Å². The van der Waals surface area contributed by atoms with E-state index in [4.69, 9.17) is 23.2 Å². The Hall–Kier alpha value is -2.52. The summed E-state index contributed by atoms with van der Waals surface area (Å²) in [5, 5.41) is 6.14. The Morgan fingerprint density at radius 3 is 2.06 bits per heavy atom. The molecule has 0 saturated carbocycles. The predicted octanol–water partition coefficient (Wildman–Crippen LogP) is 8.32. The maximum absolute atomic E-state index is 13.2. The lowest BCUT2D eigenvalue weighted by molar-refractivity contribution is -0.115. The molecular weight excluding hydrogens is 614 g/mol. The molecule has 0 bridgehead atoms. The normalized spacial score (nSPS) is 11.5. The molecule has 4 aromatic carbocycles. The van der Waals surface area contributed by atoms with Crippen LogP contribution < -0.4 is 10.6 Å². The number of anilines is 2. The minimum absolute atomic E-state index is 0.114. The van der Waals surface area contributed by atoms with E-state index in [1.54, 1.807) is 24.3 Å². The van der Waals surface area contributed by atoms with Gasteiger partial charge in [-0.1, -0.05) is 53.5 Å². The fourth-order valence-corrected chi connectivity index (χ4v) is 5.15. The molecule has 4 nitrogen and oxygen atoms in total. The summed E-state index contributed by atoms with van der Waals surface area (Å²) in [6, 6.07) is 29.4. The fourth-order valence-electron chi connectivity index (χ4n) is 3.27. The van der Waals surface area contributed by atoms with E-state index in [9.17, 15) is 9.59 Å². The van der Waals surface area contributed by atoms with E-state index in [2.05, 4.69) is 33.2 Å². The minimum Gasteiger partial charge on any atom is -0.325 e. The van der Waals surface area contributed by atoms with Crippen molar-refractivity contribution in [3.05, 3.63) is 122 Å². The van der Waals surface area contributed by atoms with Crippen LogP contribution in [0.3, 0.4) is 0 Å². The monoisotopic (exact) mass is 632 g/mol. The SMILES string of the molecule is O=C(Nc1ccc(SC(C(=O)Nc2ccc(I)cc2)c2ccccc2)cc1)c1ccc(Cl)cc1Cl. The quantitative estimate of drug-likeness (QED) is 0.159. The molecule has 0 aromatic heterocycles.